The van der Waals surface area contributed by atoms with Gasteiger partial charge in [-0.2, -0.15) is 0 Å². The van der Waals surface area contributed by atoms with E-state index in [0.29, 0.717) is 23.8 Å². The van der Waals surface area contributed by atoms with E-state index in [9.17, 15) is 8.78 Å². The Kier molecular flexibility index (Phi) is 6.13. The van der Waals surface area contributed by atoms with Gasteiger partial charge < -0.3 is 18.8 Å². The largest absolute Gasteiger partial charge is 0.496 e. The molecule has 2 heterocycles. The predicted molar refractivity (Wildman–Crippen MR) is 114 cm³/mol. The van der Waals surface area contributed by atoms with Gasteiger partial charge >= 0.3 is 0 Å². The second kappa shape index (κ2) is 8.98. The lowest BCUT2D eigenvalue weighted by Gasteiger charge is -2.32. The molecule has 0 saturated heterocycles. The summed E-state index contributed by atoms with van der Waals surface area (Å²) in [5.41, 5.74) is 1.94. The number of aryl methyl sites for hydroxylation is 1. The Labute approximate surface area is 180 Å². The van der Waals surface area contributed by atoms with E-state index in [1.807, 2.05) is 24.4 Å². The van der Waals surface area contributed by atoms with Crippen molar-refractivity contribution in [3.63, 3.8) is 0 Å². The zero-order valence-corrected chi connectivity index (χ0v) is 17.9. The molecule has 164 valence electrons. The molecule has 0 radical (unpaired) electrons. The van der Waals surface area contributed by atoms with E-state index in [1.54, 1.807) is 27.4 Å². The molecule has 31 heavy (non-hydrogen) atoms. The van der Waals surface area contributed by atoms with Gasteiger partial charge in [-0.05, 0) is 36.8 Å². The number of methoxy groups -OCH3 is 3. The van der Waals surface area contributed by atoms with Crippen LogP contribution in [0.4, 0.5) is 8.78 Å². The van der Waals surface area contributed by atoms with Crippen molar-refractivity contribution < 1.29 is 23.0 Å². The van der Waals surface area contributed by atoms with Crippen molar-refractivity contribution >= 4 is 0 Å². The summed E-state index contributed by atoms with van der Waals surface area (Å²) in [6, 6.07) is 11.4. The summed E-state index contributed by atoms with van der Waals surface area (Å²) in [5, 5.41) is 0. The number of ether oxygens (including phenoxy) is 3. The van der Waals surface area contributed by atoms with Gasteiger partial charge in [0.1, 0.15) is 17.4 Å². The van der Waals surface area contributed by atoms with E-state index in [1.165, 1.54) is 18.2 Å². The molecule has 5 nitrogen and oxygen atoms in total. The maximum absolute atomic E-state index is 14.5. The second-order valence-corrected chi connectivity index (χ2v) is 7.50. The first-order valence-electron chi connectivity index (χ1n) is 10.2. The molecule has 0 N–H and O–H groups in total. The number of hydrogen-bond donors (Lipinski definition) is 0. The highest BCUT2D eigenvalue weighted by Gasteiger charge is 2.32. The molecule has 0 bridgehead atoms. The van der Waals surface area contributed by atoms with Gasteiger partial charge in [0.25, 0.3) is 0 Å². The van der Waals surface area contributed by atoms with Crippen molar-refractivity contribution in [3.05, 3.63) is 77.1 Å². The first-order chi connectivity index (χ1) is 15.1. The Hall–Kier alpha value is -3.06. The van der Waals surface area contributed by atoms with Crippen molar-refractivity contribution in [2.45, 2.75) is 25.6 Å². The third-order valence-corrected chi connectivity index (χ3v) is 5.81. The van der Waals surface area contributed by atoms with Crippen LogP contribution >= 0.6 is 0 Å². The molecule has 7 heteroatoms. The maximum Gasteiger partial charge on any atom is 0.164 e. The van der Waals surface area contributed by atoms with E-state index < -0.39 is 11.6 Å². The number of nitrogens with zero attached hydrogens (tertiary/aromatic N) is 2. The average molecular weight is 428 g/mol. The summed E-state index contributed by atoms with van der Waals surface area (Å²) in [4.78, 5) is 2.09. The maximum atomic E-state index is 14.5. The third-order valence-electron chi connectivity index (χ3n) is 5.81. The average Bonchev–Trinajstić information content (AvgIpc) is 3.16. The molecule has 4 rings (SSSR count). The first-order valence-corrected chi connectivity index (χ1v) is 10.2. The van der Waals surface area contributed by atoms with E-state index in [-0.39, 0.29) is 18.2 Å². The van der Waals surface area contributed by atoms with Gasteiger partial charge in [-0.1, -0.05) is 6.07 Å². The number of halogens is 2. The van der Waals surface area contributed by atoms with E-state index in [4.69, 9.17) is 14.2 Å². The zero-order chi connectivity index (χ0) is 22.0. The number of hydrogen-bond acceptors (Lipinski definition) is 4. The minimum absolute atomic E-state index is 0.0620. The van der Waals surface area contributed by atoms with Gasteiger partial charge in [0.05, 0.1) is 27.4 Å². The fourth-order valence-corrected chi connectivity index (χ4v) is 4.32. The van der Waals surface area contributed by atoms with Crippen LogP contribution in [0.2, 0.25) is 0 Å². The first kappa shape index (κ1) is 21.2. The summed E-state index contributed by atoms with van der Waals surface area (Å²) in [5.74, 6) is 0.656. The van der Waals surface area contributed by atoms with Crippen molar-refractivity contribution in [1.29, 1.82) is 0 Å². The molecule has 0 spiro atoms. The molecule has 1 aromatic heterocycles. The zero-order valence-electron chi connectivity index (χ0n) is 17.9. The van der Waals surface area contributed by atoms with Crippen molar-refractivity contribution in [3.8, 4) is 17.2 Å². The summed E-state index contributed by atoms with van der Waals surface area (Å²) >= 11 is 0. The smallest absolute Gasteiger partial charge is 0.164 e. The summed E-state index contributed by atoms with van der Waals surface area (Å²) < 4.78 is 47.8. The molecular formula is C24H26F2N2O3. The van der Waals surface area contributed by atoms with Gasteiger partial charge in [0, 0.05) is 48.7 Å². The van der Waals surface area contributed by atoms with Crippen molar-refractivity contribution in [1.82, 2.24) is 9.47 Å². The van der Waals surface area contributed by atoms with Gasteiger partial charge in [-0.3, -0.25) is 4.90 Å². The Bertz CT molecular complexity index is 1050. The highest BCUT2D eigenvalue weighted by atomic mass is 19.1. The van der Waals surface area contributed by atoms with Crippen LogP contribution in [0.15, 0.2) is 48.7 Å². The van der Waals surface area contributed by atoms with E-state index in [0.717, 1.165) is 24.2 Å². The molecule has 1 aliphatic rings. The number of rotatable bonds is 6. The summed E-state index contributed by atoms with van der Waals surface area (Å²) in [7, 11) is 4.75. The van der Waals surface area contributed by atoms with Crippen LogP contribution in [0.1, 0.15) is 29.3 Å². The van der Waals surface area contributed by atoms with Gasteiger partial charge in [0.15, 0.2) is 11.5 Å². The lowest BCUT2D eigenvalue weighted by atomic mass is 9.99. The van der Waals surface area contributed by atoms with E-state index >= 15 is 0 Å². The molecule has 3 aromatic rings. The molecule has 1 atom stereocenters. The summed E-state index contributed by atoms with van der Waals surface area (Å²) in [6.07, 6.45) is 2.88. The van der Waals surface area contributed by atoms with Crippen molar-refractivity contribution in [2.24, 2.45) is 0 Å². The predicted octanol–water partition coefficient (Wildman–Crippen LogP) is 4.79. The molecule has 0 saturated carbocycles. The number of aromatic nitrogens is 1. The standard InChI is InChI=1S/C24H26F2N2O3/c1-29-21-14-23(31-3)22(30-2)13-16(21)24-20-9-5-10-27(20)11-6-12-28(24)15-17-18(25)7-4-8-19(17)26/h4-5,7-10,13-14,24H,6,11-12,15H2,1-3H3. The van der Waals surface area contributed by atoms with Crippen LogP contribution < -0.4 is 14.2 Å². The Morgan fingerprint density at radius 1 is 0.871 bits per heavy atom. The number of fused-ring (bicyclic) bond motifs is 1. The van der Waals surface area contributed by atoms with Gasteiger partial charge in [0.2, 0.25) is 0 Å². The van der Waals surface area contributed by atoms with Crippen LogP contribution in [0.3, 0.4) is 0 Å². The minimum atomic E-state index is -0.544. The topological polar surface area (TPSA) is 35.9 Å². The molecule has 0 fully saturated rings. The molecule has 1 unspecified atom stereocenters. The fourth-order valence-electron chi connectivity index (χ4n) is 4.32. The van der Waals surface area contributed by atoms with E-state index in [2.05, 4.69) is 9.47 Å². The lowest BCUT2D eigenvalue weighted by Crippen LogP contribution is -2.30. The second-order valence-electron chi connectivity index (χ2n) is 7.50. The quantitative estimate of drug-likeness (QED) is 0.566. The normalized spacial score (nSPS) is 16.5. The monoisotopic (exact) mass is 428 g/mol. The van der Waals surface area contributed by atoms with Crippen molar-refractivity contribution in [2.75, 3.05) is 27.9 Å². The Morgan fingerprint density at radius 3 is 2.23 bits per heavy atom. The van der Waals surface area contributed by atoms with Crippen LogP contribution in [0, 0.1) is 11.6 Å². The highest BCUT2D eigenvalue weighted by Crippen LogP contribution is 2.43. The minimum Gasteiger partial charge on any atom is -0.496 e. The Balaban J connectivity index is 1.87. The SMILES string of the molecule is COc1cc(OC)c(C2c3cccn3CCCN2Cc2c(F)cccc2F)cc1OC. The summed E-state index contributed by atoms with van der Waals surface area (Å²) in [6.45, 7) is 1.62. The molecule has 2 aromatic carbocycles. The van der Waals surface area contributed by atoms with Gasteiger partial charge in [-0.15, -0.1) is 0 Å². The Morgan fingerprint density at radius 2 is 1.55 bits per heavy atom. The highest BCUT2D eigenvalue weighted by molar-refractivity contribution is 5.53. The van der Waals surface area contributed by atoms with Crippen LogP contribution in [-0.4, -0.2) is 37.3 Å². The lowest BCUT2D eigenvalue weighted by molar-refractivity contribution is 0.210. The third kappa shape index (κ3) is 3.97. The molecule has 1 aliphatic heterocycles. The van der Waals surface area contributed by atoms with Crippen LogP contribution in [0.25, 0.3) is 0 Å². The molecule has 0 amide bonds. The molecule has 0 aliphatic carbocycles. The number of benzene rings is 2. The van der Waals surface area contributed by atoms with Crippen LogP contribution in [-0.2, 0) is 13.1 Å². The molecular weight excluding hydrogens is 402 g/mol. The fraction of sp³-hybridized carbons (Fsp3) is 0.333. The van der Waals surface area contributed by atoms with Crippen LogP contribution in [0.5, 0.6) is 17.2 Å². The van der Waals surface area contributed by atoms with Gasteiger partial charge in [-0.25, -0.2) is 8.78 Å².